The summed E-state index contributed by atoms with van der Waals surface area (Å²) in [4.78, 5) is 9.30. The van der Waals surface area contributed by atoms with Crippen LogP contribution >= 0.6 is 0 Å². The van der Waals surface area contributed by atoms with Crippen molar-refractivity contribution >= 4 is 19.4 Å². The molecule has 1 aromatic rings. The summed E-state index contributed by atoms with van der Waals surface area (Å²) in [7, 11) is 3.35. The van der Waals surface area contributed by atoms with Gasteiger partial charge in [0.25, 0.3) is 0 Å². The molecule has 0 aliphatic carbocycles. The lowest BCUT2D eigenvalue weighted by Gasteiger charge is -1.79. The Bertz CT molecular complexity index is 231. The van der Waals surface area contributed by atoms with Gasteiger partial charge in [0, 0.05) is 0 Å². The van der Waals surface area contributed by atoms with Crippen molar-refractivity contribution in [2.45, 2.75) is 0 Å². The molecule has 0 atom stereocenters. The SMILES string of the molecule is [BH]c1ccc([N+](=O)[O-])o1. The minimum atomic E-state index is -0.602. The fourth-order valence-electron chi connectivity index (χ4n) is 0.465. The maximum absolute atomic E-state index is 9.90. The molecule has 0 N–H and O–H groups in total. The number of rotatable bonds is 1. The molecule has 1 heterocycles. The van der Waals surface area contributed by atoms with Crippen LogP contribution in [-0.2, 0) is 0 Å². The third-order valence-electron chi connectivity index (χ3n) is 0.827. The number of nitrogens with zero attached hydrogens (tertiary/aromatic N) is 1. The Morgan fingerprint density at radius 2 is 2.33 bits per heavy atom. The molecule has 0 aromatic carbocycles. The van der Waals surface area contributed by atoms with Gasteiger partial charge < -0.3 is 4.42 Å². The van der Waals surface area contributed by atoms with Crippen LogP contribution in [0.15, 0.2) is 16.5 Å². The van der Waals surface area contributed by atoms with Crippen molar-refractivity contribution in [2.24, 2.45) is 0 Å². The summed E-state index contributed by atoms with van der Waals surface area (Å²) in [6.45, 7) is 0. The summed E-state index contributed by atoms with van der Waals surface area (Å²) in [5.74, 6) is -0.264. The molecule has 0 bridgehead atoms. The molecule has 0 saturated carbocycles. The first-order valence-corrected chi connectivity index (χ1v) is 2.26. The summed E-state index contributed by atoms with van der Waals surface area (Å²) >= 11 is 0. The fraction of sp³-hybridized carbons (Fsp3) is 0. The van der Waals surface area contributed by atoms with E-state index >= 15 is 0 Å². The minimum absolute atomic E-state index is 0.264. The van der Waals surface area contributed by atoms with E-state index < -0.39 is 4.92 Å². The number of hydrogen-bond acceptors (Lipinski definition) is 3. The Labute approximate surface area is 52.0 Å². The van der Waals surface area contributed by atoms with Crippen LogP contribution in [0, 0.1) is 10.1 Å². The molecule has 1 rings (SSSR count). The second-order valence-corrected chi connectivity index (χ2v) is 1.50. The average Bonchev–Trinajstić information content (AvgIpc) is 2.14. The summed E-state index contributed by atoms with van der Waals surface area (Å²) in [6, 6.07) is 2.71. The lowest BCUT2D eigenvalue weighted by atomic mass is 10.1. The maximum Gasteiger partial charge on any atom is 0.432 e. The van der Waals surface area contributed by atoms with Gasteiger partial charge in [0.2, 0.25) is 0 Å². The predicted octanol–water partition coefficient (Wildman–Crippen LogP) is -0.286. The van der Waals surface area contributed by atoms with E-state index in [9.17, 15) is 10.1 Å². The first-order valence-electron chi connectivity index (χ1n) is 2.26. The van der Waals surface area contributed by atoms with E-state index in [1.165, 1.54) is 12.1 Å². The van der Waals surface area contributed by atoms with Gasteiger partial charge in [-0.2, -0.15) is 0 Å². The molecule has 0 spiro atoms. The van der Waals surface area contributed by atoms with Crippen molar-refractivity contribution in [3.05, 3.63) is 22.2 Å². The summed E-state index contributed by atoms with van der Waals surface area (Å²) in [5, 5.41) is 9.90. The molecule has 45 valence electrons. The molecule has 1 aromatic heterocycles. The molecular weight excluding hydrogens is 121 g/mol. The van der Waals surface area contributed by atoms with Gasteiger partial charge in [-0.1, -0.05) is 0 Å². The van der Waals surface area contributed by atoms with E-state index in [4.69, 9.17) is 0 Å². The Kier molecular flexibility index (Phi) is 1.26. The molecule has 0 aliphatic rings. The number of hydrogen-bond donors (Lipinski definition) is 0. The average molecular weight is 124 g/mol. The van der Waals surface area contributed by atoms with Crippen LogP contribution in [0.4, 0.5) is 5.88 Å². The number of nitro groups is 1. The van der Waals surface area contributed by atoms with Crippen molar-refractivity contribution in [1.29, 1.82) is 0 Å². The lowest BCUT2D eigenvalue weighted by Crippen LogP contribution is -1.94. The normalized spacial score (nSPS) is 9.33. The van der Waals surface area contributed by atoms with Crippen LogP contribution in [-0.4, -0.2) is 12.8 Å². The topological polar surface area (TPSA) is 56.3 Å². The van der Waals surface area contributed by atoms with Crippen molar-refractivity contribution in [3.8, 4) is 0 Å². The van der Waals surface area contributed by atoms with Crippen LogP contribution in [0.1, 0.15) is 0 Å². The van der Waals surface area contributed by atoms with Gasteiger partial charge >= 0.3 is 5.88 Å². The number of furan rings is 1. The Morgan fingerprint density at radius 3 is 2.56 bits per heavy atom. The molecule has 0 saturated heterocycles. The first-order chi connectivity index (χ1) is 4.20. The smallest absolute Gasteiger partial charge is 0.418 e. The zero-order valence-corrected chi connectivity index (χ0v) is 4.53. The highest BCUT2D eigenvalue weighted by Crippen LogP contribution is 2.06. The zero-order valence-electron chi connectivity index (χ0n) is 4.53. The highest BCUT2D eigenvalue weighted by molar-refractivity contribution is 6.29. The van der Waals surface area contributed by atoms with E-state index in [1.807, 2.05) is 0 Å². The molecule has 0 unspecified atom stereocenters. The van der Waals surface area contributed by atoms with E-state index in [0.717, 1.165) is 0 Å². The minimum Gasteiger partial charge on any atom is -0.418 e. The van der Waals surface area contributed by atoms with Crippen LogP contribution < -0.4 is 5.66 Å². The second kappa shape index (κ2) is 1.93. The van der Waals surface area contributed by atoms with Gasteiger partial charge in [-0.25, -0.2) is 0 Å². The van der Waals surface area contributed by atoms with Crippen LogP contribution in [0.5, 0.6) is 0 Å². The van der Waals surface area contributed by atoms with Crippen molar-refractivity contribution < 1.29 is 9.34 Å². The quantitative estimate of drug-likeness (QED) is 0.293. The summed E-state index contributed by atoms with van der Waals surface area (Å²) < 4.78 is 4.53. The molecule has 0 fully saturated rings. The van der Waals surface area contributed by atoms with Gasteiger partial charge in [-0.15, -0.1) is 0 Å². The van der Waals surface area contributed by atoms with Crippen LogP contribution in [0.25, 0.3) is 0 Å². The molecule has 9 heavy (non-hydrogen) atoms. The lowest BCUT2D eigenvalue weighted by molar-refractivity contribution is -0.401. The highest BCUT2D eigenvalue weighted by Gasteiger charge is 2.07. The van der Waals surface area contributed by atoms with Crippen LogP contribution in [0.2, 0.25) is 0 Å². The third-order valence-corrected chi connectivity index (χ3v) is 0.827. The first kappa shape index (κ1) is 5.87. The Morgan fingerprint density at radius 1 is 1.67 bits per heavy atom. The second-order valence-electron chi connectivity index (χ2n) is 1.50. The van der Waals surface area contributed by atoms with Crippen molar-refractivity contribution in [1.82, 2.24) is 0 Å². The highest BCUT2D eigenvalue weighted by atomic mass is 16.6. The fourth-order valence-corrected chi connectivity index (χ4v) is 0.465. The van der Waals surface area contributed by atoms with E-state index in [2.05, 4.69) is 12.3 Å². The standard InChI is InChI=1S/C4H3BNO3/c5-3-1-2-4(9-3)6(7)8/h1-2,5H. The maximum atomic E-state index is 9.90. The van der Waals surface area contributed by atoms with Gasteiger partial charge in [0.05, 0.1) is 11.7 Å². The van der Waals surface area contributed by atoms with E-state index in [-0.39, 0.29) is 5.88 Å². The molecule has 0 aliphatic heterocycles. The van der Waals surface area contributed by atoms with Crippen molar-refractivity contribution in [3.63, 3.8) is 0 Å². The van der Waals surface area contributed by atoms with Crippen molar-refractivity contribution in [2.75, 3.05) is 0 Å². The largest absolute Gasteiger partial charge is 0.432 e. The summed E-state index contributed by atoms with van der Waals surface area (Å²) in [5.41, 5.74) is 0.307. The molecule has 1 radical (unpaired) electrons. The third kappa shape index (κ3) is 1.10. The Hall–Kier alpha value is -1.26. The molecule has 0 amide bonds. The van der Waals surface area contributed by atoms with E-state index in [1.54, 1.807) is 0 Å². The van der Waals surface area contributed by atoms with Crippen LogP contribution in [0.3, 0.4) is 0 Å². The predicted molar refractivity (Wildman–Crippen MR) is 32.1 cm³/mol. The Balaban J connectivity index is 2.98. The van der Waals surface area contributed by atoms with Gasteiger partial charge in [0.15, 0.2) is 7.85 Å². The monoisotopic (exact) mass is 124 g/mol. The zero-order chi connectivity index (χ0) is 6.85. The van der Waals surface area contributed by atoms with Gasteiger partial charge in [-0.3, -0.25) is 10.1 Å². The molecule has 5 heteroatoms. The van der Waals surface area contributed by atoms with Gasteiger partial charge in [0.1, 0.15) is 4.92 Å². The van der Waals surface area contributed by atoms with Gasteiger partial charge in [-0.05, 0) is 6.07 Å². The molecule has 4 nitrogen and oxygen atoms in total. The molecular formula is C4H3BNO3. The summed E-state index contributed by atoms with van der Waals surface area (Å²) in [6.07, 6.45) is 0. The van der Waals surface area contributed by atoms with E-state index in [0.29, 0.717) is 5.66 Å².